The second-order valence-electron chi connectivity index (χ2n) is 8.27. The van der Waals surface area contributed by atoms with Crippen LogP contribution >= 0.6 is 11.6 Å². The summed E-state index contributed by atoms with van der Waals surface area (Å²) >= 11 is 6.32. The van der Waals surface area contributed by atoms with E-state index in [0.717, 1.165) is 6.26 Å². The van der Waals surface area contributed by atoms with Gasteiger partial charge in [0.1, 0.15) is 17.2 Å². The minimum atomic E-state index is -3.63. The molecule has 1 N–H and O–H groups in total. The maximum Gasteiger partial charge on any atom is 0.298 e. The maximum atomic E-state index is 12.9. The molecule has 0 bridgehead atoms. The Morgan fingerprint density at radius 2 is 1.95 bits per heavy atom. The number of nitrogens with zero attached hydrogens (tertiary/aromatic N) is 7. The lowest BCUT2D eigenvalue weighted by Gasteiger charge is -2.39. The Morgan fingerprint density at radius 1 is 1.16 bits per heavy atom. The molecule has 3 aromatic rings. The Kier molecular flexibility index (Phi) is 7.53. The fourth-order valence-electron chi connectivity index (χ4n) is 3.90. The Bertz CT molecular complexity index is 1530. The molecule has 4 rings (SSSR count). The fraction of sp³-hybridized carbons (Fsp3) is 0.304. The third-order valence-electron chi connectivity index (χ3n) is 5.65. The number of carbonyl (C=O) groups excluding carboxylic acids is 2. The number of hydrogen-bond acceptors (Lipinski definition) is 8. The third-order valence-corrected chi connectivity index (χ3v) is 7.14. The topological polar surface area (TPSA) is 143 Å². The van der Waals surface area contributed by atoms with Gasteiger partial charge in [-0.3, -0.25) is 14.3 Å². The number of sulfonamides is 1. The monoisotopic (exact) mass is 542 g/mol. The molecule has 14 heteroatoms. The number of carbonyl (C=O) groups is 2. The maximum absolute atomic E-state index is 12.9. The van der Waals surface area contributed by atoms with Gasteiger partial charge in [-0.25, -0.2) is 23.4 Å². The molecule has 4 heterocycles. The summed E-state index contributed by atoms with van der Waals surface area (Å²) in [7, 11) is -0.400. The highest BCUT2D eigenvalue weighted by Gasteiger charge is 2.36. The molecule has 0 saturated carbocycles. The molecule has 0 radical (unpaired) electrons. The van der Waals surface area contributed by atoms with E-state index in [-0.39, 0.29) is 30.5 Å². The quantitative estimate of drug-likeness (QED) is 0.370. The van der Waals surface area contributed by atoms with Crippen LogP contribution in [0.3, 0.4) is 0 Å². The molecular weight excluding hydrogens is 520 g/mol. The molecule has 1 fully saturated rings. The summed E-state index contributed by atoms with van der Waals surface area (Å²) < 4.78 is 28.1. The average molecular weight is 543 g/mol. The van der Waals surface area contributed by atoms with E-state index in [1.54, 1.807) is 36.3 Å². The van der Waals surface area contributed by atoms with Gasteiger partial charge >= 0.3 is 0 Å². The summed E-state index contributed by atoms with van der Waals surface area (Å²) in [6, 6.07) is 3.90. The Balaban J connectivity index is 1.68. The number of aromatic nitrogens is 5. The average Bonchev–Trinajstić information content (AvgIpc) is 3.30. The first kappa shape index (κ1) is 26.2. The van der Waals surface area contributed by atoms with Gasteiger partial charge < -0.3 is 10.2 Å². The van der Waals surface area contributed by atoms with Gasteiger partial charge in [0.05, 0.1) is 35.4 Å². The normalized spacial score (nSPS) is 16.1. The van der Waals surface area contributed by atoms with Crippen LogP contribution in [0, 0.1) is 11.8 Å². The van der Waals surface area contributed by atoms with Crippen molar-refractivity contribution < 1.29 is 18.0 Å². The van der Waals surface area contributed by atoms with E-state index in [1.165, 1.54) is 28.6 Å². The number of pyridine rings is 1. The minimum absolute atomic E-state index is 0.0562. The van der Waals surface area contributed by atoms with Crippen molar-refractivity contribution in [3.8, 4) is 23.2 Å². The SMILES string of the molecule is CNC(=O)c1cc(-c2cc([C@@H]3CN(C(=O)C#Cc4cnn(C)c4)CCN3S(C)(=O)=O)cc(Cl)n2)ncn1. The Labute approximate surface area is 218 Å². The summed E-state index contributed by atoms with van der Waals surface area (Å²) in [4.78, 5) is 38.8. The molecule has 0 aromatic carbocycles. The van der Waals surface area contributed by atoms with Gasteiger partial charge in [0.2, 0.25) is 10.0 Å². The van der Waals surface area contributed by atoms with Gasteiger partial charge in [-0.2, -0.15) is 9.40 Å². The first-order valence-electron chi connectivity index (χ1n) is 11.0. The van der Waals surface area contributed by atoms with Crippen molar-refractivity contribution in [1.29, 1.82) is 0 Å². The van der Waals surface area contributed by atoms with Crippen molar-refractivity contribution in [2.45, 2.75) is 6.04 Å². The predicted octanol–water partition coefficient (Wildman–Crippen LogP) is 0.482. The highest BCUT2D eigenvalue weighted by molar-refractivity contribution is 7.88. The summed E-state index contributed by atoms with van der Waals surface area (Å²) in [6.07, 6.45) is 5.58. The first-order valence-corrected chi connectivity index (χ1v) is 13.3. The number of aryl methyl sites for hydroxylation is 1. The molecule has 1 aliphatic heterocycles. The largest absolute Gasteiger partial charge is 0.354 e. The fourth-order valence-corrected chi connectivity index (χ4v) is 5.18. The zero-order chi connectivity index (χ0) is 26.7. The Hall–Kier alpha value is -3.86. The summed E-state index contributed by atoms with van der Waals surface area (Å²) in [6.45, 7) is 0.311. The zero-order valence-corrected chi connectivity index (χ0v) is 21.8. The van der Waals surface area contributed by atoms with Crippen molar-refractivity contribution in [2.24, 2.45) is 7.05 Å². The van der Waals surface area contributed by atoms with Crippen LogP contribution in [0.5, 0.6) is 0 Å². The van der Waals surface area contributed by atoms with Gasteiger partial charge in [0, 0.05) is 45.8 Å². The molecule has 192 valence electrons. The lowest BCUT2D eigenvalue weighted by molar-refractivity contribution is -0.127. The number of hydrogen-bond donors (Lipinski definition) is 1. The summed E-state index contributed by atoms with van der Waals surface area (Å²) in [5, 5.41) is 6.61. The number of halogens is 1. The predicted molar refractivity (Wildman–Crippen MR) is 135 cm³/mol. The second-order valence-corrected chi connectivity index (χ2v) is 10.6. The Morgan fingerprint density at radius 3 is 2.62 bits per heavy atom. The second kappa shape index (κ2) is 10.6. The first-order chi connectivity index (χ1) is 17.5. The van der Waals surface area contributed by atoms with E-state index in [1.807, 2.05) is 0 Å². The molecule has 1 aliphatic rings. The molecule has 2 amide bonds. The highest BCUT2D eigenvalue weighted by Crippen LogP contribution is 2.31. The zero-order valence-electron chi connectivity index (χ0n) is 20.2. The lowest BCUT2D eigenvalue weighted by atomic mass is 10.0. The highest BCUT2D eigenvalue weighted by atomic mass is 35.5. The molecule has 0 aliphatic carbocycles. The van der Waals surface area contributed by atoms with Crippen LogP contribution in [-0.2, 0) is 21.9 Å². The van der Waals surface area contributed by atoms with Gasteiger partial charge in [0.15, 0.2) is 0 Å². The van der Waals surface area contributed by atoms with Gasteiger partial charge in [-0.05, 0) is 23.8 Å². The molecule has 0 spiro atoms. The molecule has 1 saturated heterocycles. The molecule has 0 unspecified atom stereocenters. The van der Waals surface area contributed by atoms with Crippen molar-refractivity contribution in [2.75, 3.05) is 32.9 Å². The summed E-state index contributed by atoms with van der Waals surface area (Å²) in [5.74, 6) is 4.55. The third kappa shape index (κ3) is 6.11. The number of amides is 2. The number of rotatable bonds is 4. The summed E-state index contributed by atoms with van der Waals surface area (Å²) in [5.41, 5.74) is 1.89. The van der Waals surface area contributed by atoms with Crippen LogP contribution < -0.4 is 5.32 Å². The van der Waals surface area contributed by atoms with Crippen molar-refractivity contribution in [3.63, 3.8) is 0 Å². The minimum Gasteiger partial charge on any atom is -0.354 e. The lowest BCUT2D eigenvalue weighted by Crippen LogP contribution is -2.51. The van der Waals surface area contributed by atoms with Crippen LogP contribution in [-0.4, -0.2) is 87.1 Å². The standard InChI is InChI=1S/C23H23ClN8O4S/c1-25-23(34)19-10-17(26-14-27-19)18-8-16(9-21(24)29-18)20-13-31(6-7-32(20)37(3,35)36)22(33)5-4-15-11-28-30(2)12-15/h8-12,14,20H,6-7,13H2,1-3H3,(H,25,34)/t20-/m0/s1. The van der Waals surface area contributed by atoms with Crippen molar-refractivity contribution in [1.82, 2.24) is 39.3 Å². The van der Waals surface area contributed by atoms with Crippen LogP contribution in [0.15, 0.2) is 36.9 Å². The van der Waals surface area contributed by atoms with Crippen molar-refractivity contribution in [3.05, 3.63) is 58.9 Å². The van der Waals surface area contributed by atoms with E-state index in [9.17, 15) is 18.0 Å². The van der Waals surface area contributed by atoms with Crippen LogP contribution in [0.2, 0.25) is 5.15 Å². The number of piperazine rings is 1. The smallest absolute Gasteiger partial charge is 0.298 e. The molecular formula is C23H23ClN8O4S. The van der Waals surface area contributed by atoms with Gasteiger partial charge in [-0.15, -0.1) is 0 Å². The number of nitrogens with one attached hydrogen (secondary N) is 1. The van der Waals surface area contributed by atoms with Crippen molar-refractivity contribution >= 4 is 33.4 Å². The molecule has 3 aromatic heterocycles. The van der Waals surface area contributed by atoms with Crippen LogP contribution in [0.1, 0.15) is 27.7 Å². The van der Waals surface area contributed by atoms with Crippen LogP contribution in [0.4, 0.5) is 0 Å². The van der Waals surface area contributed by atoms with E-state index < -0.39 is 27.9 Å². The van der Waals surface area contributed by atoms with E-state index in [4.69, 9.17) is 11.6 Å². The van der Waals surface area contributed by atoms with Crippen LogP contribution in [0.25, 0.3) is 11.4 Å². The molecule has 12 nitrogen and oxygen atoms in total. The van der Waals surface area contributed by atoms with E-state index in [2.05, 4.69) is 37.2 Å². The molecule has 37 heavy (non-hydrogen) atoms. The van der Waals surface area contributed by atoms with E-state index >= 15 is 0 Å². The molecule has 1 atom stereocenters. The van der Waals surface area contributed by atoms with Gasteiger partial charge in [-0.1, -0.05) is 17.5 Å². The van der Waals surface area contributed by atoms with Gasteiger partial charge in [0.25, 0.3) is 11.8 Å². The van der Waals surface area contributed by atoms with E-state index in [0.29, 0.717) is 22.5 Å².